The number of furan rings is 1. The molecule has 2 aromatic heterocycles. The van der Waals surface area contributed by atoms with Gasteiger partial charge in [-0.05, 0) is 38.8 Å². The van der Waals surface area contributed by atoms with E-state index in [4.69, 9.17) is 4.42 Å². The lowest BCUT2D eigenvalue weighted by Crippen LogP contribution is -2.38. The lowest BCUT2D eigenvalue weighted by atomic mass is 10.2. The van der Waals surface area contributed by atoms with E-state index < -0.39 is 0 Å². The van der Waals surface area contributed by atoms with Crippen LogP contribution in [0.1, 0.15) is 46.8 Å². The van der Waals surface area contributed by atoms with Gasteiger partial charge < -0.3 is 14.6 Å². The van der Waals surface area contributed by atoms with E-state index in [1.807, 2.05) is 30.9 Å². The Labute approximate surface area is 151 Å². The quantitative estimate of drug-likeness (QED) is 0.888. The summed E-state index contributed by atoms with van der Waals surface area (Å²) >= 11 is 1.33. The number of aryl methyl sites for hydroxylation is 2. The molecule has 0 bridgehead atoms. The Morgan fingerprint density at radius 3 is 2.92 bits per heavy atom. The molecule has 0 atom stereocenters. The first kappa shape index (κ1) is 17.7. The molecule has 2 aromatic rings. The summed E-state index contributed by atoms with van der Waals surface area (Å²) in [5.41, 5.74) is 0.692. The number of hydrogen-bond acceptors (Lipinski definition) is 5. The molecule has 0 unspecified atom stereocenters. The van der Waals surface area contributed by atoms with Gasteiger partial charge in [-0.2, -0.15) is 0 Å². The molecular formula is C18H23N3O3S. The van der Waals surface area contributed by atoms with Gasteiger partial charge in [0.25, 0.3) is 5.91 Å². The SMILES string of the molecule is Cc1ccc(-c2nc(C)c(C(=O)NCCN3CCCCCC3=O)s2)o1. The zero-order chi connectivity index (χ0) is 17.8. The maximum absolute atomic E-state index is 12.4. The summed E-state index contributed by atoms with van der Waals surface area (Å²) in [6, 6.07) is 3.74. The predicted octanol–water partition coefficient (Wildman–Crippen LogP) is 3.15. The van der Waals surface area contributed by atoms with E-state index in [0.717, 1.165) is 31.6 Å². The average Bonchev–Trinajstić information content (AvgIpc) is 3.12. The second-order valence-corrected chi connectivity index (χ2v) is 7.29. The molecule has 0 aromatic carbocycles. The van der Waals surface area contributed by atoms with Crippen LogP contribution < -0.4 is 5.32 Å². The van der Waals surface area contributed by atoms with Gasteiger partial charge in [0, 0.05) is 26.1 Å². The topological polar surface area (TPSA) is 75.4 Å². The van der Waals surface area contributed by atoms with E-state index >= 15 is 0 Å². The van der Waals surface area contributed by atoms with Gasteiger partial charge in [-0.3, -0.25) is 9.59 Å². The van der Waals surface area contributed by atoms with Crippen molar-refractivity contribution in [1.82, 2.24) is 15.2 Å². The highest BCUT2D eigenvalue weighted by atomic mass is 32.1. The van der Waals surface area contributed by atoms with Crippen LogP contribution in [0.25, 0.3) is 10.8 Å². The highest BCUT2D eigenvalue weighted by Crippen LogP contribution is 2.29. The lowest BCUT2D eigenvalue weighted by molar-refractivity contribution is -0.130. The van der Waals surface area contributed by atoms with E-state index in [1.165, 1.54) is 11.3 Å². The number of thiazole rings is 1. The van der Waals surface area contributed by atoms with E-state index in [9.17, 15) is 9.59 Å². The Kier molecular flexibility index (Phi) is 5.53. The van der Waals surface area contributed by atoms with E-state index in [-0.39, 0.29) is 11.8 Å². The maximum atomic E-state index is 12.4. The monoisotopic (exact) mass is 361 g/mol. The van der Waals surface area contributed by atoms with Crippen LogP contribution in [0.5, 0.6) is 0 Å². The summed E-state index contributed by atoms with van der Waals surface area (Å²) in [5.74, 6) is 1.54. The largest absolute Gasteiger partial charge is 0.459 e. The third kappa shape index (κ3) is 4.28. The van der Waals surface area contributed by atoms with Crippen molar-refractivity contribution in [2.24, 2.45) is 0 Å². The van der Waals surface area contributed by atoms with Crippen LogP contribution >= 0.6 is 11.3 Å². The van der Waals surface area contributed by atoms with Crippen LogP contribution in [0.3, 0.4) is 0 Å². The Hall–Kier alpha value is -2.15. The second-order valence-electron chi connectivity index (χ2n) is 6.29. The highest BCUT2D eigenvalue weighted by Gasteiger charge is 2.19. The smallest absolute Gasteiger partial charge is 0.263 e. The Morgan fingerprint density at radius 2 is 2.16 bits per heavy atom. The van der Waals surface area contributed by atoms with Gasteiger partial charge in [-0.1, -0.05) is 6.42 Å². The molecule has 25 heavy (non-hydrogen) atoms. The summed E-state index contributed by atoms with van der Waals surface area (Å²) in [7, 11) is 0. The minimum atomic E-state index is -0.146. The summed E-state index contributed by atoms with van der Waals surface area (Å²) in [6.07, 6.45) is 3.73. The highest BCUT2D eigenvalue weighted by molar-refractivity contribution is 7.17. The van der Waals surface area contributed by atoms with Gasteiger partial charge in [-0.25, -0.2) is 4.98 Å². The van der Waals surface area contributed by atoms with Crippen LogP contribution in [0.4, 0.5) is 0 Å². The van der Waals surface area contributed by atoms with Crippen LogP contribution in [0.15, 0.2) is 16.5 Å². The third-order valence-electron chi connectivity index (χ3n) is 4.29. The minimum absolute atomic E-state index is 0.146. The first-order valence-corrected chi connectivity index (χ1v) is 9.46. The molecule has 1 N–H and O–H groups in total. The molecule has 7 heteroatoms. The number of likely N-dealkylation sites (tertiary alicyclic amines) is 1. The van der Waals surface area contributed by atoms with Crippen LogP contribution in [0.2, 0.25) is 0 Å². The molecule has 2 amide bonds. The summed E-state index contributed by atoms with van der Waals surface area (Å²) in [6.45, 7) is 5.50. The van der Waals surface area contributed by atoms with Gasteiger partial charge >= 0.3 is 0 Å². The number of amides is 2. The minimum Gasteiger partial charge on any atom is -0.459 e. The fraction of sp³-hybridized carbons (Fsp3) is 0.500. The number of nitrogens with zero attached hydrogens (tertiary/aromatic N) is 2. The van der Waals surface area contributed by atoms with Gasteiger partial charge in [0.2, 0.25) is 5.91 Å². The molecule has 1 aliphatic heterocycles. The number of nitrogens with one attached hydrogen (secondary N) is 1. The first-order chi connectivity index (χ1) is 12.0. The van der Waals surface area contributed by atoms with Crippen LogP contribution in [-0.2, 0) is 4.79 Å². The van der Waals surface area contributed by atoms with Crippen molar-refractivity contribution in [3.05, 3.63) is 28.5 Å². The number of carbonyl (C=O) groups is 2. The third-order valence-corrected chi connectivity index (χ3v) is 5.46. The van der Waals surface area contributed by atoms with Crippen molar-refractivity contribution in [3.63, 3.8) is 0 Å². The van der Waals surface area contributed by atoms with Crippen LogP contribution in [0, 0.1) is 13.8 Å². The van der Waals surface area contributed by atoms with Crippen molar-refractivity contribution in [2.45, 2.75) is 39.5 Å². The van der Waals surface area contributed by atoms with Crippen molar-refractivity contribution < 1.29 is 14.0 Å². The number of carbonyl (C=O) groups excluding carboxylic acids is 2. The zero-order valence-corrected chi connectivity index (χ0v) is 15.4. The molecule has 0 saturated carbocycles. The number of rotatable bonds is 5. The van der Waals surface area contributed by atoms with Crippen molar-refractivity contribution in [1.29, 1.82) is 0 Å². The van der Waals surface area contributed by atoms with Crippen molar-refractivity contribution >= 4 is 23.2 Å². The number of aromatic nitrogens is 1. The Morgan fingerprint density at radius 1 is 1.32 bits per heavy atom. The summed E-state index contributed by atoms with van der Waals surface area (Å²) in [5, 5.41) is 3.61. The Bertz CT molecular complexity index is 765. The lowest BCUT2D eigenvalue weighted by Gasteiger charge is -2.20. The molecule has 6 nitrogen and oxygen atoms in total. The number of hydrogen-bond donors (Lipinski definition) is 1. The normalized spacial score (nSPS) is 15.3. The van der Waals surface area contributed by atoms with E-state index in [0.29, 0.717) is 40.8 Å². The molecule has 0 spiro atoms. The second kappa shape index (κ2) is 7.82. The van der Waals surface area contributed by atoms with Gasteiger partial charge in [0.1, 0.15) is 10.6 Å². The predicted molar refractivity (Wildman–Crippen MR) is 96.7 cm³/mol. The fourth-order valence-corrected chi connectivity index (χ4v) is 3.87. The molecule has 0 aliphatic carbocycles. The zero-order valence-electron chi connectivity index (χ0n) is 14.6. The van der Waals surface area contributed by atoms with E-state index in [1.54, 1.807) is 0 Å². The molecule has 1 fully saturated rings. The van der Waals surface area contributed by atoms with Crippen molar-refractivity contribution in [2.75, 3.05) is 19.6 Å². The molecule has 1 aliphatic rings. The molecule has 3 rings (SSSR count). The molecule has 1 saturated heterocycles. The molecule has 3 heterocycles. The summed E-state index contributed by atoms with van der Waals surface area (Å²) in [4.78, 5) is 31.3. The maximum Gasteiger partial charge on any atom is 0.263 e. The average molecular weight is 361 g/mol. The molecular weight excluding hydrogens is 338 g/mol. The van der Waals surface area contributed by atoms with Crippen molar-refractivity contribution in [3.8, 4) is 10.8 Å². The summed E-state index contributed by atoms with van der Waals surface area (Å²) < 4.78 is 5.57. The van der Waals surface area contributed by atoms with Crippen LogP contribution in [-0.4, -0.2) is 41.3 Å². The van der Waals surface area contributed by atoms with Gasteiger partial charge in [0.05, 0.1) is 5.69 Å². The first-order valence-electron chi connectivity index (χ1n) is 8.65. The van der Waals surface area contributed by atoms with Gasteiger partial charge in [-0.15, -0.1) is 11.3 Å². The standard InChI is InChI=1S/C18H23N3O3S/c1-12-7-8-14(24-12)18-20-13(2)16(25-18)17(23)19-9-11-21-10-5-3-4-6-15(21)22/h7-8H,3-6,9-11H2,1-2H3,(H,19,23). The van der Waals surface area contributed by atoms with Gasteiger partial charge in [0.15, 0.2) is 10.8 Å². The van der Waals surface area contributed by atoms with E-state index in [2.05, 4.69) is 10.3 Å². The molecule has 134 valence electrons. The fourth-order valence-electron chi connectivity index (χ4n) is 2.92. The molecule has 0 radical (unpaired) electrons. The Balaban J connectivity index is 1.58.